The van der Waals surface area contributed by atoms with E-state index in [1.165, 1.54) is 0 Å². The number of aliphatic hydroxyl groups excluding tert-OH is 1. The van der Waals surface area contributed by atoms with Crippen molar-refractivity contribution in [3.05, 3.63) is 29.8 Å². The maximum absolute atomic E-state index is 11.8. The molecule has 1 fully saturated rings. The molecule has 2 atom stereocenters. The average molecular weight is 319 g/mol. The van der Waals surface area contributed by atoms with E-state index >= 15 is 0 Å². The van der Waals surface area contributed by atoms with Crippen LogP contribution in [0.3, 0.4) is 0 Å². The van der Waals surface area contributed by atoms with E-state index in [0.717, 1.165) is 22.9 Å². The normalized spacial score (nSPS) is 19.0. The number of nitrogens with one attached hydrogen (secondary N) is 2. The molecule has 1 heterocycles. The molecule has 0 spiro atoms. The van der Waals surface area contributed by atoms with Crippen molar-refractivity contribution in [2.45, 2.75) is 12.1 Å². The molecule has 3 N–H and O–H groups in total. The number of rotatable bonds is 5. The molecule has 0 saturated carbocycles. The van der Waals surface area contributed by atoms with Crippen LogP contribution >= 0.6 is 24.2 Å². The fourth-order valence-electron chi connectivity index (χ4n) is 1.83. The molecule has 2 rings (SSSR count). The van der Waals surface area contributed by atoms with Crippen molar-refractivity contribution in [3.63, 3.8) is 0 Å². The molecular weight excluding hydrogens is 300 g/mol. The molecule has 0 aromatic heterocycles. The smallest absolute Gasteiger partial charge is 0.238 e. The van der Waals surface area contributed by atoms with Crippen LogP contribution in [0.2, 0.25) is 0 Å². The molecule has 2 unspecified atom stereocenters. The van der Waals surface area contributed by atoms with Gasteiger partial charge in [-0.25, -0.2) is 0 Å². The van der Waals surface area contributed by atoms with Crippen molar-refractivity contribution >= 4 is 30.1 Å². The quantitative estimate of drug-likeness (QED) is 0.753. The number of carbonyl (C=O) groups excluding carboxylic acids is 1. The molecule has 1 amide bonds. The summed E-state index contributed by atoms with van der Waals surface area (Å²) in [6, 6.07) is 7.01. The number of ether oxygens (including phenoxy) is 1. The van der Waals surface area contributed by atoms with Crippen LogP contribution in [-0.4, -0.2) is 42.3 Å². The molecule has 20 heavy (non-hydrogen) atoms. The summed E-state index contributed by atoms with van der Waals surface area (Å²) < 4.78 is 5.05. The monoisotopic (exact) mass is 318 g/mol. The second kappa shape index (κ2) is 8.36. The Hall–Kier alpha value is -0.950. The third kappa shape index (κ3) is 4.56. The van der Waals surface area contributed by atoms with Gasteiger partial charge in [-0.15, -0.1) is 24.2 Å². The molecule has 112 valence electrons. The maximum Gasteiger partial charge on any atom is 0.238 e. The third-order valence-electron chi connectivity index (χ3n) is 3.00. The minimum absolute atomic E-state index is 0. The number of thioether (sulfide) groups is 1. The van der Waals surface area contributed by atoms with Gasteiger partial charge in [0, 0.05) is 18.2 Å². The second-order valence-corrected chi connectivity index (χ2v) is 5.34. The molecule has 1 saturated heterocycles. The molecule has 5 nitrogen and oxygen atoms in total. The van der Waals surface area contributed by atoms with Gasteiger partial charge in [-0.05, 0) is 17.7 Å². The van der Waals surface area contributed by atoms with E-state index in [9.17, 15) is 9.90 Å². The van der Waals surface area contributed by atoms with Gasteiger partial charge in [0.2, 0.25) is 5.91 Å². The minimum Gasteiger partial charge on any atom is -0.497 e. The molecule has 1 aromatic rings. The lowest BCUT2D eigenvalue weighted by atomic mass is 10.1. The summed E-state index contributed by atoms with van der Waals surface area (Å²) in [5.74, 6) is 2.27. The summed E-state index contributed by atoms with van der Waals surface area (Å²) in [5.41, 5.74) is 0.759. The summed E-state index contributed by atoms with van der Waals surface area (Å²) in [5, 5.41) is 15.8. The van der Waals surface area contributed by atoms with Crippen molar-refractivity contribution in [2.75, 3.05) is 25.3 Å². The highest BCUT2D eigenvalue weighted by atomic mass is 35.5. The lowest BCUT2D eigenvalue weighted by molar-refractivity contribution is -0.122. The fraction of sp³-hybridized carbons (Fsp3) is 0.462. The van der Waals surface area contributed by atoms with E-state index in [4.69, 9.17) is 4.74 Å². The second-order valence-electron chi connectivity index (χ2n) is 4.31. The van der Waals surface area contributed by atoms with Gasteiger partial charge < -0.3 is 15.2 Å². The lowest BCUT2D eigenvalue weighted by Gasteiger charge is -2.15. The average Bonchev–Trinajstić information content (AvgIpc) is 2.98. The Morgan fingerprint density at radius 1 is 1.55 bits per heavy atom. The molecule has 1 aliphatic heterocycles. The Bertz CT molecular complexity index is 424. The van der Waals surface area contributed by atoms with Crippen LogP contribution < -0.4 is 15.4 Å². The molecule has 7 heteroatoms. The van der Waals surface area contributed by atoms with Crippen LogP contribution in [0, 0.1) is 0 Å². The number of amides is 1. The summed E-state index contributed by atoms with van der Waals surface area (Å²) in [4.78, 5) is 11.8. The number of hydrogen-bond donors (Lipinski definition) is 3. The Kier molecular flexibility index (Phi) is 7.15. The van der Waals surface area contributed by atoms with Gasteiger partial charge in [0.15, 0.2) is 0 Å². The Morgan fingerprint density at radius 3 is 2.80 bits per heavy atom. The van der Waals surface area contributed by atoms with Gasteiger partial charge in [0.25, 0.3) is 0 Å². The molecular formula is C13H19ClN2O3S. The van der Waals surface area contributed by atoms with Gasteiger partial charge in [-0.1, -0.05) is 12.1 Å². The predicted molar refractivity (Wildman–Crippen MR) is 82.5 cm³/mol. The predicted octanol–water partition coefficient (Wildman–Crippen LogP) is 0.929. The fourth-order valence-corrected chi connectivity index (χ4v) is 2.77. The number of methoxy groups -OCH3 is 1. The van der Waals surface area contributed by atoms with Gasteiger partial charge in [0.05, 0.1) is 19.3 Å². The third-order valence-corrected chi connectivity index (χ3v) is 3.94. The van der Waals surface area contributed by atoms with Crippen LogP contribution in [0.1, 0.15) is 11.7 Å². The molecule has 0 aliphatic carbocycles. The van der Waals surface area contributed by atoms with E-state index in [0.29, 0.717) is 0 Å². The van der Waals surface area contributed by atoms with Crippen molar-refractivity contribution in [1.29, 1.82) is 0 Å². The summed E-state index contributed by atoms with van der Waals surface area (Å²) in [7, 11) is 1.60. The Labute approximate surface area is 128 Å². The number of carbonyl (C=O) groups is 1. The topological polar surface area (TPSA) is 70.6 Å². The van der Waals surface area contributed by atoms with E-state index in [-0.39, 0.29) is 30.9 Å². The summed E-state index contributed by atoms with van der Waals surface area (Å²) in [6.45, 7) is 0.216. The molecule has 1 aromatic carbocycles. The van der Waals surface area contributed by atoms with Gasteiger partial charge in [-0.3, -0.25) is 10.1 Å². The zero-order chi connectivity index (χ0) is 13.7. The zero-order valence-electron chi connectivity index (χ0n) is 11.2. The van der Waals surface area contributed by atoms with E-state index in [2.05, 4.69) is 10.6 Å². The highest BCUT2D eigenvalue weighted by molar-refractivity contribution is 7.99. The Morgan fingerprint density at radius 2 is 2.25 bits per heavy atom. The van der Waals surface area contributed by atoms with Crippen molar-refractivity contribution in [3.8, 4) is 5.75 Å². The molecule has 0 bridgehead atoms. The van der Waals surface area contributed by atoms with E-state index in [1.807, 2.05) is 0 Å². The van der Waals surface area contributed by atoms with Crippen LogP contribution in [0.15, 0.2) is 24.3 Å². The highest BCUT2D eigenvalue weighted by Crippen LogP contribution is 2.17. The number of benzene rings is 1. The Balaban J connectivity index is 0.00000200. The number of hydrogen-bond acceptors (Lipinski definition) is 5. The largest absolute Gasteiger partial charge is 0.497 e. The van der Waals surface area contributed by atoms with Crippen molar-refractivity contribution in [2.24, 2.45) is 0 Å². The van der Waals surface area contributed by atoms with Crippen molar-refractivity contribution in [1.82, 2.24) is 10.6 Å². The van der Waals surface area contributed by atoms with E-state index < -0.39 is 6.10 Å². The summed E-state index contributed by atoms with van der Waals surface area (Å²) in [6.07, 6.45) is -0.705. The van der Waals surface area contributed by atoms with Crippen LogP contribution in [0.5, 0.6) is 5.75 Å². The molecule has 1 aliphatic rings. The van der Waals surface area contributed by atoms with Gasteiger partial charge >= 0.3 is 0 Å². The first-order chi connectivity index (χ1) is 9.20. The standard InChI is InChI=1S/C13H18N2O3S.ClH/c1-18-10-4-2-9(3-5-10)12(16)6-14-13(17)11-7-19-8-15-11;/h2-5,11-12,15-16H,6-8H2,1H3,(H,14,17);1H. The van der Waals surface area contributed by atoms with Crippen LogP contribution in [-0.2, 0) is 4.79 Å². The van der Waals surface area contributed by atoms with Crippen LogP contribution in [0.4, 0.5) is 0 Å². The number of aliphatic hydroxyl groups is 1. The van der Waals surface area contributed by atoms with Crippen LogP contribution in [0.25, 0.3) is 0 Å². The minimum atomic E-state index is -0.705. The van der Waals surface area contributed by atoms with E-state index in [1.54, 1.807) is 43.1 Å². The van der Waals surface area contributed by atoms with Crippen molar-refractivity contribution < 1.29 is 14.6 Å². The zero-order valence-corrected chi connectivity index (χ0v) is 12.8. The molecule has 0 radical (unpaired) electrons. The highest BCUT2D eigenvalue weighted by Gasteiger charge is 2.22. The number of halogens is 1. The summed E-state index contributed by atoms with van der Waals surface area (Å²) >= 11 is 1.70. The first kappa shape index (κ1) is 17.1. The first-order valence-corrected chi connectivity index (χ1v) is 7.27. The van der Waals surface area contributed by atoms with Gasteiger partial charge in [0.1, 0.15) is 5.75 Å². The first-order valence-electron chi connectivity index (χ1n) is 6.11. The maximum atomic E-state index is 11.8. The van der Waals surface area contributed by atoms with Gasteiger partial charge in [-0.2, -0.15) is 0 Å². The SMILES string of the molecule is COc1ccc(C(O)CNC(=O)C2CSCN2)cc1.Cl. The lowest BCUT2D eigenvalue weighted by Crippen LogP contribution is -2.43.